The number of thiol groups is 1. The highest BCUT2D eigenvalue weighted by Crippen LogP contribution is 2.06. The van der Waals surface area contributed by atoms with Crippen molar-refractivity contribution in [1.29, 1.82) is 0 Å². The van der Waals surface area contributed by atoms with Gasteiger partial charge in [0.1, 0.15) is 0 Å². The number of rotatable bonds is 4. The zero-order chi connectivity index (χ0) is 8.85. The fourth-order valence-corrected chi connectivity index (χ4v) is 0.862. The maximum absolute atomic E-state index is 10.7. The first-order valence-electron chi connectivity index (χ1n) is 3.36. The molecule has 0 aliphatic carbocycles. The molecular formula is C6H13N3OS. The van der Waals surface area contributed by atoms with E-state index < -0.39 is 0 Å². The van der Waals surface area contributed by atoms with Gasteiger partial charge in [-0.15, -0.1) is 12.6 Å². The number of carbonyl (C=O) groups excluding carboxylic acids is 1. The van der Waals surface area contributed by atoms with Crippen molar-refractivity contribution in [3.8, 4) is 0 Å². The lowest BCUT2D eigenvalue weighted by atomic mass is 10.1. The van der Waals surface area contributed by atoms with Crippen molar-refractivity contribution in [2.75, 3.05) is 6.54 Å². The number of aliphatic imine (C=N–C) groups is 1. The molecule has 0 radical (unpaired) electrons. The second-order valence-corrected chi connectivity index (χ2v) is 2.65. The summed E-state index contributed by atoms with van der Waals surface area (Å²) in [5, 5.41) is -0.169. The van der Waals surface area contributed by atoms with Crippen LogP contribution < -0.4 is 11.5 Å². The molecule has 0 heterocycles. The Morgan fingerprint density at radius 1 is 1.64 bits per heavy atom. The molecular weight excluding hydrogens is 162 g/mol. The topological polar surface area (TPSA) is 81.5 Å². The number of hydrogen-bond donors (Lipinski definition) is 3. The normalized spacial score (nSPS) is 12.2. The van der Waals surface area contributed by atoms with Gasteiger partial charge < -0.3 is 11.5 Å². The summed E-state index contributed by atoms with van der Waals surface area (Å²) in [6, 6.07) is 0. The summed E-state index contributed by atoms with van der Waals surface area (Å²) < 4.78 is 0. The van der Waals surface area contributed by atoms with Gasteiger partial charge in [0.05, 0.1) is 6.54 Å². The molecule has 0 aromatic carbocycles. The van der Waals surface area contributed by atoms with Crippen molar-refractivity contribution >= 4 is 23.7 Å². The van der Waals surface area contributed by atoms with Crippen molar-refractivity contribution in [3.05, 3.63) is 0 Å². The lowest BCUT2D eigenvalue weighted by Gasteiger charge is -2.05. The van der Waals surface area contributed by atoms with E-state index in [9.17, 15) is 4.79 Å². The van der Waals surface area contributed by atoms with Crippen LogP contribution in [-0.4, -0.2) is 17.6 Å². The molecule has 4 nitrogen and oxygen atoms in total. The van der Waals surface area contributed by atoms with Gasteiger partial charge in [0.2, 0.25) is 0 Å². The van der Waals surface area contributed by atoms with Crippen LogP contribution in [0.25, 0.3) is 0 Å². The smallest absolute Gasteiger partial charge is 0.190 e. The van der Waals surface area contributed by atoms with Gasteiger partial charge in [0.25, 0.3) is 0 Å². The Bertz CT molecular complexity index is 165. The van der Waals surface area contributed by atoms with Crippen LogP contribution in [0.5, 0.6) is 0 Å². The van der Waals surface area contributed by atoms with Crippen LogP contribution in [0.3, 0.4) is 0 Å². The van der Waals surface area contributed by atoms with Crippen LogP contribution in [-0.2, 0) is 4.79 Å². The third-order valence-corrected chi connectivity index (χ3v) is 1.70. The molecule has 0 saturated heterocycles. The zero-order valence-corrected chi connectivity index (χ0v) is 7.34. The molecule has 0 aromatic rings. The Labute approximate surface area is 71.5 Å². The summed E-state index contributed by atoms with van der Waals surface area (Å²) in [4.78, 5) is 14.4. The van der Waals surface area contributed by atoms with E-state index in [-0.39, 0.29) is 17.0 Å². The molecule has 1 atom stereocenters. The SMILES string of the molecule is CCC(CN=C(N)N)C(=O)S. The maximum Gasteiger partial charge on any atom is 0.190 e. The van der Waals surface area contributed by atoms with Gasteiger partial charge in [-0.1, -0.05) is 6.92 Å². The minimum Gasteiger partial charge on any atom is -0.370 e. The monoisotopic (exact) mass is 175 g/mol. The van der Waals surface area contributed by atoms with Crippen LogP contribution in [0, 0.1) is 5.92 Å². The Balaban J connectivity index is 3.89. The third-order valence-electron chi connectivity index (χ3n) is 1.34. The van der Waals surface area contributed by atoms with E-state index in [0.29, 0.717) is 13.0 Å². The predicted octanol–water partition coefficient (Wildman–Crippen LogP) is -0.258. The highest BCUT2D eigenvalue weighted by molar-refractivity contribution is 7.96. The number of hydrogen-bond acceptors (Lipinski definition) is 2. The van der Waals surface area contributed by atoms with E-state index in [1.165, 1.54) is 0 Å². The quantitative estimate of drug-likeness (QED) is 0.313. The van der Waals surface area contributed by atoms with Gasteiger partial charge in [0.15, 0.2) is 11.1 Å². The molecule has 4 N–H and O–H groups in total. The van der Waals surface area contributed by atoms with Gasteiger partial charge in [0, 0.05) is 5.92 Å². The Kier molecular flexibility index (Phi) is 4.69. The molecule has 64 valence electrons. The average Bonchev–Trinajstić information content (AvgIpc) is 1.87. The van der Waals surface area contributed by atoms with Crippen molar-refractivity contribution in [2.24, 2.45) is 22.4 Å². The van der Waals surface area contributed by atoms with Crippen LogP contribution in [0.2, 0.25) is 0 Å². The first-order valence-corrected chi connectivity index (χ1v) is 3.80. The van der Waals surface area contributed by atoms with E-state index >= 15 is 0 Å². The van der Waals surface area contributed by atoms with Gasteiger partial charge >= 0.3 is 0 Å². The molecule has 0 bridgehead atoms. The average molecular weight is 175 g/mol. The minimum absolute atomic E-state index is 0.0121. The van der Waals surface area contributed by atoms with Crippen molar-refractivity contribution < 1.29 is 4.79 Å². The van der Waals surface area contributed by atoms with E-state index in [1.54, 1.807) is 0 Å². The summed E-state index contributed by atoms with van der Waals surface area (Å²) in [6.07, 6.45) is 0.707. The molecule has 11 heavy (non-hydrogen) atoms. The Hall–Kier alpha value is -0.710. The Morgan fingerprint density at radius 3 is 2.45 bits per heavy atom. The standard InChI is InChI=1S/C6H13N3OS/c1-2-4(5(10)11)3-9-6(7)8/h4H,2-3H2,1H3,(H,10,11)(H4,7,8,9). The lowest BCUT2D eigenvalue weighted by molar-refractivity contribution is -0.113. The summed E-state index contributed by atoms with van der Waals surface area (Å²) >= 11 is 3.69. The third kappa shape index (κ3) is 4.66. The highest BCUT2D eigenvalue weighted by atomic mass is 32.1. The first kappa shape index (κ1) is 10.3. The molecule has 0 aromatic heterocycles. The van der Waals surface area contributed by atoms with Crippen LogP contribution in [0.4, 0.5) is 0 Å². The fourth-order valence-electron chi connectivity index (χ4n) is 0.597. The van der Waals surface area contributed by atoms with E-state index in [0.717, 1.165) is 0 Å². The molecule has 0 aliphatic rings. The summed E-state index contributed by atoms with van der Waals surface area (Å²) in [5.41, 5.74) is 10.2. The summed E-state index contributed by atoms with van der Waals surface area (Å²) in [6.45, 7) is 2.22. The first-order chi connectivity index (χ1) is 5.07. The van der Waals surface area contributed by atoms with Crippen molar-refractivity contribution in [1.82, 2.24) is 0 Å². The Morgan fingerprint density at radius 2 is 2.18 bits per heavy atom. The number of guanidine groups is 1. The van der Waals surface area contributed by atoms with Crippen molar-refractivity contribution in [3.63, 3.8) is 0 Å². The molecule has 0 amide bonds. The molecule has 0 rings (SSSR count). The molecule has 5 heteroatoms. The van der Waals surface area contributed by atoms with E-state index in [4.69, 9.17) is 11.5 Å². The maximum atomic E-state index is 10.7. The molecule has 0 saturated carbocycles. The van der Waals surface area contributed by atoms with Crippen molar-refractivity contribution in [2.45, 2.75) is 13.3 Å². The van der Waals surface area contributed by atoms with Gasteiger partial charge in [-0.05, 0) is 6.42 Å². The summed E-state index contributed by atoms with van der Waals surface area (Å²) in [7, 11) is 0. The fraction of sp³-hybridized carbons (Fsp3) is 0.667. The molecule has 0 aliphatic heterocycles. The summed E-state index contributed by atoms with van der Waals surface area (Å²) in [5.74, 6) is -0.154. The van der Waals surface area contributed by atoms with Gasteiger partial charge in [-0.2, -0.15) is 0 Å². The predicted molar refractivity (Wildman–Crippen MR) is 48.5 cm³/mol. The zero-order valence-electron chi connectivity index (χ0n) is 6.45. The second kappa shape index (κ2) is 5.01. The van der Waals surface area contributed by atoms with E-state index in [2.05, 4.69) is 17.6 Å². The van der Waals surface area contributed by atoms with Crippen LogP contribution >= 0.6 is 12.6 Å². The minimum atomic E-state index is -0.169. The number of nitrogens with two attached hydrogens (primary N) is 2. The number of nitrogens with zero attached hydrogens (tertiary/aromatic N) is 1. The lowest BCUT2D eigenvalue weighted by Crippen LogP contribution is -2.24. The van der Waals surface area contributed by atoms with Crippen LogP contribution in [0.1, 0.15) is 13.3 Å². The van der Waals surface area contributed by atoms with Crippen LogP contribution in [0.15, 0.2) is 4.99 Å². The molecule has 0 fully saturated rings. The van der Waals surface area contributed by atoms with E-state index in [1.807, 2.05) is 6.92 Å². The largest absolute Gasteiger partial charge is 0.370 e. The number of carbonyl (C=O) groups is 1. The van der Waals surface area contributed by atoms with Gasteiger partial charge in [-0.3, -0.25) is 9.79 Å². The highest BCUT2D eigenvalue weighted by Gasteiger charge is 2.11. The second-order valence-electron chi connectivity index (χ2n) is 2.21. The molecule has 0 spiro atoms. The molecule has 1 unspecified atom stereocenters. The van der Waals surface area contributed by atoms with Gasteiger partial charge in [-0.25, -0.2) is 0 Å².